The van der Waals surface area contributed by atoms with Crippen molar-refractivity contribution in [2.24, 2.45) is 0 Å². The van der Waals surface area contributed by atoms with E-state index in [2.05, 4.69) is 36.7 Å². The van der Waals surface area contributed by atoms with Crippen LogP contribution in [0.4, 0.5) is 0 Å². The quantitative estimate of drug-likeness (QED) is 0.849. The van der Waals surface area contributed by atoms with Crippen LogP contribution >= 0.6 is 11.3 Å². The van der Waals surface area contributed by atoms with E-state index in [1.54, 1.807) is 18.4 Å². The summed E-state index contributed by atoms with van der Waals surface area (Å²) in [4.78, 5) is 4.74. The van der Waals surface area contributed by atoms with Gasteiger partial charge in [-0.25, -0.2) is 4.98 Å². The fourth-order valence-corrected chi connectivity index (χ4v) is 3.03. The molecule has 0 spiro atoms. The summed E-state index contributed by atoms with van der Waals surface area (Å²) in [5.41, 5.74) is 2.24. The molecular weight excluding hydrogens is 268 g/mol. The second-order valence-corrected chi connectivity index (χ2v) is 5.74. The SMILES string of the molecule is CCNC(Cc1nc(-c2ccccc2)cs1)C(C)OC. The van der Waals surface area contributed by atoms with Crippen LogP contribution in [-0.2, 0) is 11.2 Å². The summed E-state index contributed by atoms with van der Waals surface area (Å²) in [6.45, 7) is 5.15. The van der Waals surface area contributed by atoms with Crippen molar-refractivity contribution in [3.05, 3.63) is 40.7 Å². The number of nitrogens with zero attached hydrogens (tertiary/aromatic N) is 1. The Kier molecular flexibility index (Phi) is 5.71. The van der Waals surface area contributed by atoms with Crippen molar-refractivity contribution in [3.63, 3.8) is 0 Å². The van der Waals surface area contributed by atoms with Crippen LogP contribution in [0.2, 0.25) is 0 Å². The van der Waals surface area contributed by atoms with Crippen LogP contribution in [0.3, 0.4) is 0 Å². The van der Waals surface area contributed by atoms with Crippen LogP contribution in [0.25, 0.3) is 11.3 Å². The van der Waals surface area contributed by atoms with E-state index < -0.39 is 0 Å². The molecule has 108 valence electrons. The Balaban J connectivity index is 2.08. The van der Waals surface area contributed by atoms with Crippen molar-refractivity contribution in [3.8, 4) is 11.3 Å². The number of nitrogens with one attached hydrogen (secondary N) is 1. The molecule has 0 aliphatic carbocycles. The number of methoxy groups -OCH3 is 1. The molecule has 0 fully saturated rings. The molecule has 0 aliphatic heterocycles. The molecule has 2 unspecified atom stereocenters. The summed E-state index contributed by atoms with van der Waals surface area (Å²) in [7, 11) is 1.76. The van der Waals surface area contributed by atoms with Crippen LogP contribution in [0.5, 0.6) is 0 Å². The molecule has 3 nitrogen and oxygen atoms in total. The molecule has 1 N–H and O–H groups in total. The first-order chi connectivity index (χ1) is 9.74. The zero-order valence-corrected chi connectivity index (χ0v) is 13.1. The summed E-state index contributed by atoms with van der Waals surface area (Å²) in [5.74, 6) is 0. The van der Waals surface area contributed by atoms with Gasteiger partial charge in [0.1, 0.15) is 0 Å². The van der Waals surface area contributed by atoms with Crippen LogP contribution < -0.4 is 5.32 Å². The lowest BCUT2D eigenvalue weighted by atomic mass is 10.1. The van der Waals surface area contributed by atoms with Crippen LogP contribution in [-0.4, -0.2) is 30.8 Å². The van der Waals surface area contributed by atoms with Gasteiger partial charge >= 0.3 is 0 Å². The molecule has 20 heavy (non-hydrogen) atoms. The van der Waals surface area contributed by atoms with Gasteiger partial charge < -0.3 is 10.1 Å². The predicted molar refractivity (Wildman–Crippen MR) is 85.2 cm³/mol. The average molecular weight is 290 g/mol. The molecule has 1 aromatic carbocycles. The number of hydrogen-bond acceptors (Lipinski definition) is 4. The van der Waals surface area contributed by atoms with Crippen molar-refractivity contribution < 1.29 is 4.74 Å². The monoisotopic (exact) mass is 290 g/mol. The number of benzene rings is 1. The van der Waals surface area contributed by atoms with Crippen molar-refractivity contribution >= 4 is 11.3 Å². The van der Waals surface area contributed by atoms with E-state index in [1.165, 1.54) is 5.56 Å². The molecule has 2 rings (SSSR count). The molecule has 0 amide bonds. The molecule has 1 heterocycles. The molecular formula is C16H22N2OS. The third-order valence-corrected chi connectivity index (χ3v) is 4.29. The Labute approximate surface area is 125 Å². The van der Waals surface area contributed by atoms with Gasteiger partial charge in [0.15, 0.2) is 0 Å². The van der Waals surface area contributed by atoms with E-state index >= 15 is 0 Å². The first-order valence-corrected chi connectivity index (χ1v) is 7.88. The fraction of sp³-hybridized carbons (Fsp3) is 0.438. The number of hydrogen-bond donors (Lipinski definition) is 1. The van der Waals surface area contributed by atoms with Crippen LogP contribution in [0, 0.1) is 0 Å². The van der Waals surface area contributed by atoms with Gasteiger partial charge in [-0.2, -0.15) is 0 Å². The molecule has 0 aliphatic rings. The molecule has 0 saturated heterocycles. The van der Waals surface area contributed by atoms with E-state index in [4.69, 9.17) is 9.72 Å². The summed E-state index contributed by atoms with van der Waals surface area (Å²) < 4.78 is 5.44. The van der Waals surface area contributed by atoms with E-state index in [1.807, 2.05) is 18.2 Å². The first kappa shape index (κ1) is 15.2. The molecule has 0 bridgehead atoms. The molecule has 0 radical (unpaired) electrons. The van der Waals surface area contributed by atoms with Gasteiger partial charge in [-0.1, -0.05) is 37.3 Å². The maximum atomic E-state index is 5.44. The highest BCUT2D eigenvalue weighted by atomic mass is 32.1. The number of aromatic nitrogens is 1. The standard InChI is InChI=1S/C16H22N2OS/c1-4-17-14(12(2)19-3)10-16-18-15(11-20-16)13-8-6-5-7-9-13/h5-9,11-12,14,17H,4,10H2,1-3H3. The zero-order valence-electron chi connectivity index (χ0n) is 12.3. The number of thiazole rings is 1. The lowest BCUT2D eigenvalue weighted by Gasteiger charge is -2.22. The lowest BCUT2D eigenvalue weighted by Crippen LogP contribution is -2.40. The van der Waals surface area contributed by atoms with Crippen molar-refractivity contribution in [2.75, 3.05) is 13.7 Å². The van der Waals surface area contributed by atoms with Gasteiger partial charge in [0.2, 0.25) is 0 Å². The average Bonchev–Trinajstić information content (AvgIpc) is 2.95. The highest BCUT2D eigenvalue weighted by molar-refractivity contribution is 7.09. The van der Waals surface area contributed by atoms with E-state index in [0.717, 1.165) is 23.7 Å². The number of rotatable bonds is 7. The predicted octanol–water partition coefficient (Wildman–Crippen LogP) is 3.37. The summed E-state index contributed by atoms with van der Waals surface area (Å²) in [6, 6.07) is 10.6. The Hall–Kier alpha value is -1.23. The molecule has 1 aromatic heterocycles. The maximum absolute atomic E-state index is 5.44. The largest absolute Gasteiger partial charge is 0.380 e. The van der Waals surface area contributed by atoms with Gasteiger partial charge in [0.25, 0.3) is 0 Å². The van der Waals surface area contributed by atoms with Crippen LogP contribution in [0.1, 0.15) is 18.9 Å². The van der Waals surface area contributed by atoms with Crippen molar-refractivity contribution in [1.82, 2.24) is 10.3 Å². The summed E-state index contributed by atoms with van der Waals surface area (Å²) in [6.07, 6.45) is 1.08. The minimum Gasteiger partial charge on any atom is -0.380 e. The van der Waals surface area contributed by atoms with Crippen LogP contribution in [0.15, 0.2) is 35.7 Å². The Morgan fingerprint density at radius 3 is 2.70 bits per heavy atom. The Morgan fingerprint density at radius 1 is 1.30 bits per heavy atom. The van der Waals surface area contributed by atoms with Crippen molar-refractivity contribution in [2.45, 2.75) is 32.4 Å². The molecule has 2 atom stereocenters. The third-order valence-electron chi connectivity index (χ3n) is 3.42. The maximum Gasteiger partial charge on any atom is 0.0949 e. The Bertz CT molecular complexity index is 512. The summed E-state index contributed by atoms with van der Waals surface area (Å²) >= 11 is 1.72. The van der Waals surface area contributed by atoms with E-state index in [0.29, 0.717) is 6.04 Å². The zero-order chi connectivity index (χ0) is 14.4. The normalized spacial score (nSPS) is 14.2. The number of ether oxygens (including phenoxy) is 1. The molecule has 0 saturated carbocycles. The second kappa shape index (κ2) is 7.53. The highest BCUT2D eigenvalue weighted by Crippen LogP contribution is 2.22. The van der Waals surface area contributed by atoms with Gasteiger partial charge in [-0.15, -0.1) is 11.3 Å². The van der Waals surface area contributed by atoms with Gasteiger partial charge in [0, 0.05) is 30.5 Å². The fourth-order valence-electron chi connectivity index (χ4n) is 2.16. The topological polar surface area (TPSA) is 34.2 Å². The summed E-state index contributed by atoms with van der Waals surface area (Å²) in [5, 5.41) is 6.75. The second-order valence-electron chi connectivity index (χ2n) is 4.80. The Morgan fingerprint density at radius 2 is 2.05 bits per heavy atom. The molecule has 4 heteroatoms. The van der Waals surface area contributed by atoms with Gasteiger partial charge in [-0.3, -0.25) is 0 Å². The minimum atomic E-state index is 0.180. The minimum absolute atomic E-state index is 0.180. The smallest absolute Gasteiger partial charge is 0.0949 e. The van der Waals surface area contributed by atoms with Gasteiger partial charge in [-0.05, 0) is 13.5 Å². The lowest BCUT2D eigenvalue weighted by molar-refractivity contribution is 0.0836. The number of likely N-dealkylation sites (N-methyl/N-ethyl adjacent to an activating group) is 1. The van der Waals surface area contributed by atoms with Crippen molar-refractivity contribution in [1.29, 1.82) is 0 Å². The van der Waals surface area contributed by atoms with E-state index in [9.17, 15) is 0 Å². The van der Waals surface area contributed by atoms with Gasteiger partial charge in [0.05, 0.1) is 16.8 Å². The third kappa shape index (κ3) is 3.88. The molecule has 2 aromatic rings. The highest BCUT2D eigenvalue weighted by Gasteiger charge is 2.18. The van der Waals surface area contributed by atoms with E-state index in [-0.39, 0.29) is 6.10 Å². The first-order valence-electron chi connectivity index (χ1n) is 7.00.